The number of hydrogen-bond donors (Lipinski definition) is 1. The van der Waals surface area contributed by atoms with Crippen molar-refractivity contribution in [3.8, 4) is 0 Å². The number of pyridine rings is 1. The summed E-state index contributed by atoms with van der Waals surface area (Å²) in [6, 6.07) is 4.15. The fraction of sp³-hybridized carbons (Fsp3) is 0.571. The Hall–Kier alpha value is -1.47. The van der Waals surface area contributed by atoms with Crippen LogP contribution in [0, 0.1) is 0 Å². The first-order valence-corrected chi connectivity index (χ1v) is 9.20. The van der Waals surface area contributed by atoms with Gasteiger partial charge >= 0.3 is 0 Å². The number of aromatic nitrogens is 3. The van der Waals surface area contributed by atoms with E-state index in [0.29, 0.717) is 12.5 Å². The molecule has 2 aromatic heterocycles. The molecule has 2 aromatic rings. The highest BCUT2D eigenvalue weighted by molar-refractivity contribution is 7.91. The van der Waals surface area contributed by atoms with E-state index in [4.69, 9.17) is 4.98 Å². The minimum atomic E-state index is -2.91. The summed E-state index contributed by atoms with van der Waals surface area (Å²) in [4.78, 5) is 9.19. The third kappa shape index (κ3) is 2.24. The zero-order valence-corrected chi connectivity index (χ0v) is 12.5. The fourth-order valence-electron chi connectivity index (χ4n) is 3.45. The first-order valence-electron chi connectivity index (χ1n) is 7.38. The lowest BCUT2D eigenvalue weighted by molar-refractivity contribution is 0.513. The summed E-state index contributed by atoms with van der Waals surface area (Å²) < 4.78 is 25.8. The Balaban J connectivity index is 1.85. The molecule has 0 aromatic carbocycles. The Bertz CT molecular complexity index is 777. The van der Waals surface area contributed by atoms with Gasteiger partial charge in [-0.25, -0.2) is 18.4 Å². The summed E-state index contributed by atoms with van der Waals surface area (Å²) in [5.74, 6) is 1.40. The van der Waals surface area contributed by atoms with Crippen LogP contribution in [0.2, 0.25) is 0 Å². The molecule has 2 saturated heterocycles. The van der Waals surface area contributed by atoms with Crippen molar-refractivity contribution in [1.82, 2.24) is 19.9 Å². The molecular weight excluding hydrogens is 288 g/mol. The number of nitrogens with one attached hydrogen (secondary N) is 1. The molecular formula is C14H18N4O2S. The lowest BCUT2D eigenvalue weighted by Crippen LogP contribution is -2.18. The predicted octanol–water partition coefficient (Wildman–Crippen LogP) is 0.868. The van der Waals surface area contributed by atoms with Crippen LogP contribution in [0.4, 0.5) is 0 Å². The van der Waals surface area contributed by atoms with E-state index in [1.165, 1.54) is 0 Å². The van der Waals surface area contributed by atoms with Crippen molar-refractivity contribution in [1.29, 1.82) is 0 Å². The minimum absolute atomic E-state index is 0.00444. The topological polar surface area (TPSA) is 76.9 Å². The van der Waals surface area contributed by atoms with Gasteiger partial charge in [-0.1, -0.05) is 0 Å². The molecule has 1 N–H and O–H groups in total. The predicted molar refractivity (Wildman–Crippen MR) is 80.1 cm³/mol. The monoisotopic (exact) mass is 306 g/mol. The zero-order chi connectivity index (χ0) is 14.4. The Labute approximate surface area is 123 Å². The molecule has 4 rings (SSSR count). The van der Waals surface area contributed by atoms with Crippen LogP contribution >= 0.6 is 0 Å². The van der Waals surface area contributed by atoms with Crippen molar-refractivity contribution in [3.05, 3.63) is 24.2 Å². The van der Waals surface area contributed by atoms with Crippen molar-refractivity contribution >= 4 is 21.0 Å². The molecule has 0 radical (unpaired) electrons. The largest absolute Gasteiger partial charge is 0.315 e. The van der Waals surface area contributed by atoms with Crippen LogP contribution in [0.3, 0.4) is 0 Å². The molecule has 2 fully saturated rings. The molecule has 2 aliphatic heterocycles. The van der Waals surface area contributed by atoms with Crippen LogP contribution in [0.15, 0.2) is 18.3 Å². The highest BCUT2D eigenvalue weighted by atomic mass is 32.2. The van der Waals surface area contributed by atoms with Gasteiger partial charge in [0, 0.05) is 18.7 Å². The summed E-state index contributed by atoms with van der Waals surface area (Å²) in [5.41, 5.74) is 1.74. The Kier molecular flexibility index (Phi) is 3.00. The molecule has 0 amide bonds. The number of rotatable bonds is 2. The van der Waals surface area contributed by atoms with Gasteiger partial charge in [-0.3, -0.25) is 0 Å². The minimum Gasteiger partial charge on any atom is -0.315 e. The highest BCUT2D eigenvalue weighted by Crippen LogP contribution is 2.33. The smallest absolute Gasteiger partial charge is 0.160 e. The van der Waals surface area contributed by atoms with E-state index >= 15 is 0 Å². The molecule has 112 valence electrons. The van der Waals surface area contributed by atoms with Gasteiger partial charge in [0.2, 0.25) is 0 Å². The van der Waals surface area contributed by atoms with E-state index in [1.807, 2.05) is 12.1 Å². The van der Waals surface area contributed by atoms with Crippen molar-refractivity contribution < 1.29 is 8.42 Å². The van der Waals surface area contributed by atoms with Gasteiger partial charge < -0.3 is 9.88 Å². The molecule has 2 aliphatic rings. The molecule has 0 aliphatic carbocycles. The van der Waals surface area contributed by atoms with Gasteiger partial charge in [0.25, 0.3) is 0 Å². The highest BCUT2D eigenvalue weighted by Gasteiger charge is 2.34. The van der Waals surface area contributed by atoms with E-state index in [9.17, 15) is 8.42 Å². The van der Waals surface area contributed by atoms with Gasteiger partial charge in [0.1, 0.15) is 11.3 Å². The van der Waals surface area contributed by atoms with Crippen LogP contribution in [0.25, 0.3) is 11.2 Å². The van der Waals surface area contributed by atoms with E-state index < -0.39 is 9.84 Å². The molecule has 2 unspecified atom stereocenters. The Morgan fingerprint density at radius 2 is 2.24 bits per heavy atom. The summed E-state index contributed by atoms with van der Waals surface area (Å²) in [6.07, 6.45) is 3.48. The molecule has 2 atom stereocenters. The zero-order valence-electron chi connectivity index (χ0n) is 11.7. The molecule has 7 heteroatoms. The second kappa shape index (κ2) is 4.78. The number of nitrogens with zero attached hydrogens (tertiary/aromatic N) is 3. The van der Waals surface area contributed by atoms with Crippen LogP contribution < -0.4 is 5.32 Å². The van der Waals surface area contributed by atoms with Gasteiger partial charge in [-0.05, 0) is 31.5 Å². The van der Waals surface area contributed by atoms with Gasteiger partial charge in [-0.2, -0.15) is 0 Å². The molecule has 0 spiro atoms. The van der Waals surface area contributed by atoms with Gasteiger partial charge in [-0.15, -0.1) is 0 Å². The average Bonchev–Trinajstić information content (AvgIpc) is 3.15. The van der Waals surface area contributed by atoms with Crippen LogP contribution in [-0.2, 0) is 9.84 Å². The number of sulfone groups is 1. The van der Waals surface area contributed by atoms with Gasteiger partial charge in [0.15, 0.2) is 15.5 Å². The lowest BCUT2D eigenvalue weighted by atomic mass is 10.1. The Morgan fingerprint density at radius 1 is 1.33 bits per heavy atom. The van der Waals surface area contributed by atoms with E-state index in [2.05, 4.69) is 14.9 Å². The van der Waals surface area contributed by atoms with Crippen molar-refractivity contribution in [3.63, 3.8) is 0 Å². The number of fused-ring (bicyclic) bond motifs is 1. The normalized spacial score (nSPS) is 28.4. The summed E-state index contributed by atoms with van der Waals surface area (Å²) >= 11 is 0. The molecule has 6 nitrogen and oxygen atoms in total. The first-order chi connectivity index (χ1) is 10.1. The number of imidazole rings is 1. The summed E-state index contributed by atoms with van der Waals surface area (Å²) in [7, 11) is -2.91. The van der Waals surface area contributed by atoms with Crippen LogP contribution in [-0.4, -0.2) is 47.5 Å². The van der Waals surface area contributed by atoms with Crippen molar-refractivity contribution in [2.75, 3.05) is 24.6 Å². The SMILES string of the molecule is O=S1(=O)CCC(c2nc3cccnc3n2C2CCNC2)C1. The maximum Gasteiger partial charge on any atom is 0.160 e. The van der Waals surface area contributed by atoms with E-state index in [1.54, 1.807) is 6.20 Å². The fourth-order valence-corrected chi connectivity index (χ4v) is 5.19. The van der Waals surface area contributed by atoms with Gasteiger partial charge in [0.05, 0.1) is 17.5 Å². The lowest BCUT2D eigenvalue weighted by Gasteiger charge is -2.17. The first kappa shape index (κ1) is 13.2. The third-order valence-electron chi connectivity index (χ3n) is 4.47. The number of hydrogen-bond acceptors (Lipinski definition) is 5. The van der Waals surface area contributed by atoms with Crippen LogP contribution in [0.1, 0.15) is 30.6 Å². The Morgan fingerprint density at radius 3 is 2.95 bits per heavy atom. The van der Waals surface area contributed by atoms with Crippen LogP contribution in [0.5, 0.6) is 0 Å². The summed E-state index contributed by atoms with van der Waals surface area (Å²) in [5, 5.41) is 3.36. The van der Waals surface area contributed by atoms with E-state index in [-0.39, 0.29) is 17.4 Å². The average molecular weight is 306 g/mol. The second-order valence-electron chi connectivity index (χ2n) is 5.93. The molecule has 4 heterocycles. The quantitative estimate of drug-likeness (QED) is 0.891. The molecule has 0 saturated carbocycles. The standard InChI is InChI=1S/C14H18N4O2S/c19-21(20)7-4-10(9-21)13-17-12-2-1-5-16-14(12)18(13)11-3-6-15-8-11/h1-2,5,10-11,15H,3-4,6-9H2. The van der Waals surface area contributed by atoms with Crippen molar-refractivity contribution in [2.45, 2.75) is 24.8 Å². The maximum absolute atomic E-state index is 11.8. The van der Waals surface area contributed by atoms with Crippen molar-refractivity contribution in [2.24, 2.45) is 0 Å². The summed E-state index contributed by atoms with van der Waals surface area (Å²) in [6.45, 7) is 1.88. The molecule has 0 bridgehead atoms. The molecule has 21 heavy (non-hydrogen) atoms. The third-order valence-corrected chi connectivity index (χ3v) is 6.24. The second-order valence-corrected chi connectivity index (χ2v) is 8.16. The maximum atomic E-state index is 11.8. The van der Waals surface area contributed by atoms with E-state index in [0.717, 1.165) is 36.5 Å².